The summed E-state index contributed by atoms with van der Waals surface area (Å²) in [4.78, 5) is 2.30. The van der Waals surface area contributed by atoms with Crippen molar-refractivity contribution in [1.82, 2.24) is 0 Å². The van der Waals surface area contributed by atoms with Gasteiger partial charge in [0.25, 0.3) is 0 Å². The van der Waals surface area contributed by atoms with Crippen molar-refractivity contribution in [2.75, 3.05) is 11.4 Å². The Bertz CT molecular complexity index is 984. The number of fused-ring (bicyclic) bond motifs is 2. The van der Waals surface area contributed by atoms with Crippen molar-refractivity contribution < 1.29 is 24.0 Å². The van der Waals surface area contributed by atoms with Crippen molar-refractivity contribution >= 4 is 28.1 Å². The SMILES string of the molecule is CCc1c(/C=C2\C=CN(CC)c3ccccc32)ccc2ccccc12.[I-]. The maximum Gasteiger partial charge on any atom is 0.0485 e. The molecule has 0 bridgehead atoms. The number of anilines is 1. The van der Waals surface area contributed by atoms with E-state index in [0.717, 1.165) is 13.0 Å². The summed E-state index contributed by atoms with van der Waals surface area (Å²) >= 11 is 0. The fourth-order valence-corrected chi connectivity index (χ4v) is 3.76. The van der Waals surface area contributed by atoms with Crippen LogP contribution in [0.5, 0.6) is 0 Å². The molecule has 1 nitrogen and oxygen atoms in total. The van der Waals surface area contributed by atoms with E-state index in [1.165, 1.54) is 38.7 Å². The Morgan fingerprint density at radius 2 is 1.65 bits per heavy atom. The van der Waals surface area contributed by atoms with Crippen LogP contribution in [-0.4, -0.2) is 6.54 Å². The van der Waals surface area contributed by atoms with Gasteiger partial charge >= 0.3 is 0 Å². The molecule has 1 heterocycles. The average Bonchev–Trinajstić information content (AvgIpc) is 2.68. The van der Waals surface area contributed by atoms with Gasteiger partial charge in [0, 0.05) is 24.0 Å². The molecule has 0 spiro atoms. The summed E-state index contributed by atoms with van der Waals surface area (Å²) in [5.41, 5.74) is 6.62. The fraction of sp³-hybridized carbons (Fsp3) is 0.167. The highest BCUT2D eigenvalue weighted by molar-refractivity contribution is 5.97. The van der Waals surface area contributed by atoms with Crippen LogP contribution in [0.25, 0.3) is 22.4 Å². The average molecular weight is 452 g/mol. The number of aryl methyl sites for hydroxylation is 1. The number of rotatable bonds is 3. The van der Waals surface area contributed by atoms with E-state index < -0.39 is 0 Å². The fourth-order valence-electron chi connectivity index (χ4n) is 3.76. The van der Waals surface area contributed by atoms with Gasteiger partial charge < -0.3 is 28.9 Å². The number of allylic oxidation sites excluding steroid dienone is 2. The van der Waals surface area contributed by atoms with Crippen LogP contribution in [0.2, 0.25) is 0 Å². The van der Waals surface area contributed by atoms with Crippen molar-refractivity contribution in [3.63, 3.8) is 0 Å². The highest BCUT2D eigenvalue weighted by Crippen LogP contribution is 2.35. The minimum atomic E-state index is 0. The predicted molar refractivity (Wildman–Crippen MR) is 110 cm³/mol. The molecular formula is C24H23IN-. The van der Waals surface area contributed by atoms with Gasteiger partial charge in [-0.2, -0.15) is 0 Å². The van der Waals surface area contributed by atoms with E-state index in [0.29, 0.717) is 0 Å². The largest absolute Gasteiger partial charge is 1.00 e. The molecule has 0 saturated carbocycles. The molecule has 0 fully saturated rings. The van der Waals surface area contributed by atoms with Crippen LogP contribution in [0.4, 0.5) is 5.69 Å². The second-order valence-corrected chi connectivity index (χ2v) is 6.43. The number of nitrogens with zero attached hydrogens (tertiary/aromatic N) is 1. The Labute approximate surface area is 173 Å². The Morgan fingerprint density at radius 3 is 2.46 bits per heavy atom. The zero-order valence-corrected chi connectivity index (χ0v) is 17.4. The van der Waals surface area contributed by atoms with Gasteiger partial charge in [-0.25, -0.2) is 0 Å². The van der Waals surface area contributed by atoms with E-state index in [9.17, 15) is 0 Å². The van der Waals surface area contributed by atoms with Crippen LogP contribution in [0.15, 0.2) is 72.9 Å². The van der Waals surface area contributed by atoms with E-state index >= 15 is 0 Å². The molecule has 0 aromatic heterocycles. The highest BCUT2D eigenvalue weighted by atomic mass is 127. The lowest BCUT2D eigenvalue weighted by atomic mass is 9.93. The predicted octanol–water partition coefficient (Wildman–Crippen LogP) is 3.30. The van der Waals surface area contributed by atoms with E-state index in [4.69, 9.17) is 0 Å². The van der Waals surface area contributed by atoms with Gasteiger partial charge in [-0.1, -0.05) is 61.5 Å². The Kier molecular flexibility index (Phi) is 5.82. The highest BCUT2D eigenvalue weighted by Gasteiger charge is 2.15. The normalized spacial score (nSPS) is 14.4. The molecule has 3 aromatic carbocycles. The van der Waals surface area contributed by atoms with E-state index in [-0.39, 0.29) is 24.0 Å². The number of halogens is 1. The van der Waals surface area contributed by atoms with E-state index in [1.807, 2.05) is 0 Å². The van der Waals surface area contributed by atoms with Crippen LogP contribution >= 0.6 is 0 Å². The summed E-state index contributed by atoms with van der Waals surface area (Å²) < 4.78 is 0. The van der Waals surface area contributed by atoms with Crippen molar-refractivity contribution in [2.24, 2.45) is 0 Å². The third-order valence-corrected chi connectivity index (χ3v) is 5.04. The van der Waals surface area contributed by atoms with Gasteiger partial charge in [-0.05, 0) is 59.0 Å². The van der Waals surface area contributed by atoms with E-state index in [1.54, 1.807) is 0 Å². The second kappa shape index (κ2) is 8.09. The molecule has 3 aromatic rings. The van der Waals surface area contributed by atoms with Crippen molar-refractivity contribution in [3.8, 4) is 0 Å². The maximum atomic E-state index is 2.34. The van der Waals surface area contributed by atoms with Crippen LogP contribution < -0.4 is 28.9 Å². The first-order valence-corrected chi connectivity index (χ1v) is 9.08. The molecule has 0 amide bonds. The molecule has 0 atom stereocenters. The molecule has 1 aliphatic heterocycles. The molecule has 2 heteroatoms. The van der Waals surface area contributed by atoms with Crippen LogP contribution in [0.1, 0.15) is 30.5 Å². The first-order chi connectivity index (χ1) is 12.3. The standard InChI is InChI=1S/C24H23N.HI/c1-3-21-19(14-13-18-9-5-6-10-22(18)21)17-20-15-16-25(4-2)24-12-8-7-11-23(20)24;/h5-17H,3-4H2,1-2H3;1H/p-1/b20-17+;. The number of hydrogen-bond donors (Lipinski definition) is 0. The van der Waals surface area contributed by atoms with Gasteiger partial charge in [0.05, 0.1) is 0 Å². The quantitative estimate of drug-likeness (QED) is 0.552. The topological polar surface area (TPSA) is 3.24 Å². The molecule has 132 valence electrons. The van der Waals surface area contributed by atoms with E-state index in [2.05, 4.69) is 97.8 Å². The van der Waals surface area contributed by atoms with Crippen molar-refractivity contribution in [3.05, 3.63) is 89.6 Å². The third-order valence-electron chi connectivity index (χ3n) is 5.04. The van der Waals surface area contributed by atoms with Gasteiger partial charge in [0.2, 0.25) is 0 Å². The van der Waals surface area contributed by atoms with Gasteiger partial charge in [-0.3, -0.25) is 0 Å². The van der Waals surface area contributed by atoms with Gasteiger partial charge in [0.15, 0.2) is 0 Å². The van der Waals surface area contributed by atoms with Gasteiger partial charge in [-0.15, -0.1) is 0 Å². The zero-order valence-electron chi connectivity index (χ0n) is 15.2. The molecule has 0 radical (unpaired) electrons. The maximum absolute atomic E-state index is 2.34. The van der Waals surface area contributed by atoms with Crippen molar-refractivity contribution in [1.29, 1.82) is 0 Å². The lowest BCUT2D eigenvalue weighted by Gasteiger charge is -2.26. The summed E-state index contributed by atoms with van der Waals surface area (Å²) in [6.45, 7) is 5.42. The molecule has 0 aliphatic carbocycles. The molecule has 1 aliphatic rings. The van der Waals surface area contributed by atoms with Gasteiger partial charge in [0.1, 0.15) is 0 Å². The number of para-hydroxylation sites is 1. The minimum Gasteiger partial charge on any atom is -1.00 e. The third kappa shape index (κ3) is 3.30. The number of hydrogen-bond acceptors (Lipinski definition) is 1. The van der Waals surface area contributed by atoms with Crippen molar-refractivity contribution in [2.45, 2.75) is 20.3 Å². The lowest BCUT2D eigenvalue weighted by molar-refractivity contribution is -0.00000484. The molecule has 0 unspecified atom stereocenters. The lowest BCUT2D eigenvalue weighted by Crippen LogP contribution is -3.00. The van der Waals surface area contributed by atoms with Crippen LogP contribution in [-0.2, 0) is 6.42 Å². The Balaban J connectivity index is 0.00000196. The Hall–Kier alpha value is -2.07. The monoisotopic (exact) mass is 452 g/mol. The summed E-state index contributed by atoms with van der Waals surface area (Å²) in [5.74, 6) is 0. The summed E-state index contributed by atoms with van der Waals surface area (Å²) in [5, 5.41) is 2.68. The van der Waals surface area contributed by atoms with Crippen LogP contribution in [0.3, 0.4) is 0 Å². The molecular weight excluding hydrogens is 429 g/mol. The first-order valence-electron chi connectivity index (χ1n) is 9.08. The molecule has 0 N–H and O–H groups in total. The summed E-state index contributed by atoms with van der Waals surface area (Å²) in [6, 6.07) is 21.8. The summed E-state index contributed by atoms with van der Waals surface area (Å²) in [7, 11) is 0. The second-order valence-electron chi connectivity index (χ2n) is 6.43. The first kappa shape index (κ1) is 18.7. The minimum absolute atomic E-state index is 0. The molecule has 26 heavy (non-hydrogen) atoms. The zero-order chi connectivity index (χ0) is 17.2. The smallest absolute Gasteiger partial charge is 0.0485 e. The summed E-state index contributed by atoms with van der Waals surface area (Å²) in [6.07, 6.45) is 7.81. The van der Waals surface area contributed by atoms with Crippen LogP contribution in [0, 0.1) is 0 Å². The molecule has 4 rings (SSSR count). The number of benzene rings is 3. The Morgan fingerprint density at radius 1 is 0.885 bits per heavy atom. The molecule has 0 saturated heterocycles.